The molecule has 15 aromatic rings. The number of fused-ring (bicyclic) bond motifs is 6. The predicted molar refractivity (Wildman–Crippen MR) is 395 cm³/mol. The summed E-state index contributed by atoms with van der Waals surface area (Å²) in [6.07, 6.45) is 3.57. The Morgan fingerprint density at radius 1 is 0.263 bits per heavy atom. The molecule has 12 aromatic carbocycles. The van der Waals surface area contributed by atoms with Gasteiger partial charge in [-0.15, -0.1) is 0 Å². The topological polar surface area (TPSA) is 270 Å². The lowest BCUT2D eigenvalue weighted by molar-refractivity contribution is 0.426. The summed E-state index contributed by atoms with van der Waals surface area (Å²) in [6, 6.07) is 105. The van der Waals surface area contributed by atoms with Crippen LogP contribution in [-0.4, -0.2) is 103 Å². The second kappa shape index (κ2) is 35.4. The largest absolute Gasteiger partial charge is 0.488 e. The molecular formula is C77H68B5N3O10. The molecule has 95 heavy (non-hydrogen) atoms. The first-order valence-electron chi connectivity index (χ1n) is 29.7. The van der Waals surface area contributed by atoms with E-state index < -0.39 is 7.12 Å². The maximum absolute atomic E-state index is 9.43. The van der Waals surface area contributed by atoms with E-state index in [-0.39, 0.29) is 21.9 Å². The van der Waals surface area contributed by atoms with Gasteiger partial charge in [-0.2, -0.15) is 0 Å². The zero-order chi connectivity index (χ0) is 62.7. The van der Waals surface area contributed by atoms with E-state index >= 15 is 0 Å². The van der Waals surface area contributed by atoms with Crippen LogP contribution < -0.4 is 27.3 Å². The maximum Gasteiger partial charge on any atom is 0.488 e. The molecule has 0 atom stereocenters. The Kier molecular flexibility index (Phi) is 26.7. The second-order valence-electron chi connectivity index (χ2n) is 21.2. The minimum absolute atomic E-state index is 0. The van der Waals surface area contributed by atoms with Crippen LogP contribution in [0.5, 0.6) is 0 Å². The van der Waals surface area contributed by atoms with Crippen LogP contribution in [0.1, 0.15) is 0 Å². The van der Waals surface area contributed by atoms with Crippen LogP contribution in [0.4, 0.5) is 0 Å². The van der Waals surface area contributed by atoms with E-state index in [2.05, 4.69) is 129 Å². The number of aromatic nitrogens is 3. The first-order chi connectivity index (χ1) is 44.8. The molecular weight excluding hydrogens is 1180 g/mol. The van der Waals surface area contributed by atoms with Gasteiger partial charge in [0, 0.05) is 45.3 Å². The van der Waals surface area contributed by atoms with Gasteiger partial charge in [0.25, 0.3) is 0 Å². The van der Waals surface area contributed by atoms with Crippen molar-refractivity contribution in [2.24, 2.45) is 0 Å². The van der Waals surface area contributed by atoms with Crippen LogP contribution in [0.3, 0.4) is 0 Å². The molecule has 14 N–H and O–H groups in total. The lowest BCUT2D eigenvalue weighted by Crippen LogP contribution is -2.29. The van der Waals surface area contributed by atoms with Gasteiger partial charge in [0.1, 0.15) is 0 Å². The molecule has 3 aromatic heterocycles. The molecule has 4 radical (unpaired) electrons. The molecule has 0 amide bonds. The fraction of sp³-hybridized carbons (Fsp3) is 0. The number of hydrogen-bond donors (Lipinski definition) is 6. The summed E-state index contributed by atoms with van der Waals surface area (Å²) in [5.74, 6) is 0. The maximum atomic E-state index is 9.43. The first-order valence-corrected chi connectivity index (χ1v) is 29.7. The Balaban J connectivity index is 0.000000168. The van der Waals surface area contributed by atoms with Crippen LogP contribution in [0.25, 0.3) is 99.5 Å². The Labute approximate surface area is 554 Å². The van der Waals surface area contributed by atoms with E-state index in [9.17, 15) is 15.1 Å². The molecule has 0 bridgehead atoms. The molecule has 0 aliphatic rings. The van der Waals surface area contributed by atoms with Crippen molar-refractivity contribution in [3.63, 3.8) is 0 Å². The third kappa shape index (κ3) is 17.5. The molecule has 3 heterocycles. The lowest BCUT2D eigenvalue weighted by atomic mass is 9.80. The molecule has 0 fully saturated rings. The summed E-state index contributed by atoms with van der Waals surface area (Å²) in [5.41, 5.74) is 19.5. The SMILES string of the molecule is O.O.O.O.OB(O)c1ccc2c(c1)c1ccccc1n2-c1ccccc1.O[B]c1cc(-c2ccccc2)cc(-c2ccccc2)c1.O[B]c1ccc(-c2ccccc2)cc1.O[B]c1ccc(-c2cccnc2)cc1.O[B]c1ccc(-n2c3ccccc3c3ccccc32)cc1. The Morgan fingerprint density at radius 2 is 0.589 bits per heavy atom. The van der Waals surface area contributed by atoms with Crippen molar-refractivity contribution in [1.82, 2.24) is 14.1 Å². The Morgan fingerprint density at radius 3 is 0.989 bits per heavy atom. The summed E-state index contributed by atoms with van der Waals surface area (Å²) < 4.78 is 4.45. The third-order valence-electron chi connectivity index (χ3n) is 15.4. The highest BCUT2D eigenvalue weighted by Gasteiger charge is 2.17. The monoisotopic (exact) mass is 1250 g/mol. The van der Waals surface area contributed by atoms with Crippen LogP contribution in [0.2, 0.25) is 0 Å². The quantitative estimate of drug-likeness (QED) is 0.0694. The molecule has 466 valence electrons. The van der Waals surface area contributed by atoms with Crippen molar-refractivity contribution in [1.29, 1.82) is 0 Å². The molecule has 0 unspecified atom stereocenters. The van der Waals surface area contributed by atoms with Gasteiger partial charge in [0.15, 0.2) is 0 Å². The van der Waals surface area contributed by atoms with Crippen LogP contribution in [-0.2, 0) is 0 Å². The van der Waals surface area contributed by atoms with Gasteiger partial charge in [-0.05, 0) is 111 Å². The van der Waals surface area contributed by atoms with Gasteiger partial charge in [-0.25, -0.2) is 0 Å². The molecule has 0 aliphatic heterocycles. The molecule has 0 saturated carbocycles. The first kappa shape index (κ1) is 71.8. The standard InChI is InChI=1S/C18H14BNO2.C18H13BNO.C18H14BO.C12H10BO.C11H9BNO.4H2O/c21-19(22)13-10-11-18-16(12-13)15-8-4-5-9-17(15)20(18)14-6-2-1-3-7-14;21-19-13-9-11-14(12-10-13)20-17-7-3-1-5-15(17)16-6-2-4-8-18(16)20;20-19-18-12-16(14-7-3-1-4-8-14)11-17(13-18)15-9-5-2-6-10-15;14-13-12-8-6-11(7-9-12)10-4-2-1-3-5-10;14-12-11-5-3-9(4-6-11)10-2-1-7-13-8-10;;;;/h1-12,21-22H;1-12,21H;1-13,20H;1-9,14H;1-8,14H;4*1H2. The molecule has 18 heteroatoms. The summed E-state index contributed by atoms with van der Waals surface area (Å²) in [7, 11) is 3.01. The fourth-order valence-electron chi connectivity index (χ4n) is 10.9. The Hall–Kier alpha value is -10.7. The zero-order valence-corrected chi connectivity index (χ0v) is 51.6. The molecule has 0 saturated heterocycles. The molecule has 0 spiro atoms. The van der Waals surface area contributed by atoms with Gasteiger partial charge in [-0.1, -0.05) is 277 Å². The number of nitrogens with zero attached hydrogens (tertiary/aromatic N) is 3. The molecule has 0 aliphatic carbocycles. The summed E-state index contributed by atoms with van der Waals surface area (Å²) >= 11 is 0. The van der Waals surface area contributed by atoms with Crippen molar-refractivity contribution in [2.75, 3.05) is 0 Å². The van der Waals surface area contributed by atoms with E-state index in [1.165, 1.54) is 27.4 Å². The van der Waals surface area contributed by atoms with Crippen LogP contribution in [0.15, 0.2) is 328 Å². The minimum Gasteiger partial charge on any atom is -0.450 e. The van der Waals surface area contributed by atoms with Crippen molar-refractivity contribution in [2.45, 2.75) is 0 Å². The van der Waals surface area contributed by atoms with Crippen LogP contribution >= 0.6 is 0 Å². The average Bonchev–Trinajstić information content (AvgIpc) is 1.61. The smallest absolute Gasteiger partial charge is 0.450 e. The third-order valence-corrected chi connectivity index (χ3v) is 15.4. The number of hydrogen-bond acceptors (Lipinski definition) is 7. The predicted octanol–water partition coefficient (Wildman–Crippen LogP) is 8.02. The summed E-state index contributed by atoms with van der Waals surface area (Å²) in [4.78, 5) is 4.05. The number of rotatable bonds is 11. The molecule has 15 rings (SSSR count). The fourth-order valence-corrected chi connectivity index (χ4v) is 10.9. The second-order valence-corrected chi connectivity index (χ2v) is 21.2. The van der Waals surface area contributed by atoms with E-state index in [4.69, 9.17) is 15.1 Å². The van der Waals surface area contributed by atoms with E-state index in [1.807, 2.05) is 200 Å². The highest BCUT2D eigenvalue weighted by Crippen LogP contribution is 2.33. The number of para-hydroxylation sites is 4. The van der Waals surface area contributed by atoms with Crippen molar-refractivity contribution in [3.05, 3.63) is 328 Å². The van der Waals surface area contributed by atoms with E-state index in [0.29, 0.717) is 5.46 Å². The van der Waals surface area contributed by atoms with Gasteiger partial charge in [0.05, 0.1) is 22.1 Å². The summed E-state index contributed by atoms with van der Waals surface area (Å²) in [5, 5.41) is 59.4. The normalized spacial score (nSPS) is 10.1. The van der Waals surface area contributed by atoms with Crippen molar-refractivity contribution >= 4 is 108 Å². The molecule has 13 nitrogen and oxygen atoms in total. The van der Waals surface area contributed by atoms with Crippen molar-refractivity contribution in [3.8, 4) is 55.9 Å². The van der Waals surface area contributed by atoms with Gasteiger partial charge >= 0.3 is 37.0 Å². The summed E-state index contributed by atoms with van der Waals surface area (Å²) in [6.45, 7) is 0. The van der Waals surface area contributed by atoms with Crippen molar-refractivity contribution < 1.29 is 52.0 Å². The Bertz CT molecular complexity index is 4580. The number of pyridine rings is 1. The lowest BCUT2D eigenvalue weighted by Gasteiger charge is -2.09. The highest BCUT2D eigenvalue weighted by atomic mass is 16.4. The van der Waals surface area contributed by atoms with Gasteiger partial charge in [-0.3, -0.25) is 4.98 Å². The van der Waals surface area contributed by atoms with Gasteiger partial charge < -0.3 is 61.2 Å². The van der Waals surface area contributed by atoms with Gasteiger partial charge in [0.2, 0.25) is 0 Å². The highest BCUT2D eigenvalue weighted by molar-refractivity contribution is 6.59. The van der Waals surface area contributed by atoms with E-state index in [0.717, 1.165) is 124 Å². The zero-order valence-electron chi connectivity index (χ0n) is 51.6. The van der Waals surface area contributed by atoms with Crippen LogP contribution in [0, 0.1) is 0 Å². The minimum atomic E-state index is -1.46. The van der Waals surface area contributed by atoms with E-state index in [1.54, 1.807) is 12.3 Å². The average molecular weight is 1250 g/mol. The number of benzene rings is 12.